The van der Waals surface area contributed by atoms with Crippen LogP contribution in [0.5, 0.6) is 0 Å². The van der Waals surface area contributed by atoms with Crippen molar-refractivity contribution >= 4 is 27.4 Å². The van der Waals surface area contributed by atoms with E-state index in [9.17, 15) is 0 Å². The third-order valence-corrected chi connectivity index (χ3v) is 4.71. The average Bonchev–Trinajstić information content (AvgIpc) is 2.70. The van der Waals surface area contributed by atoms with Crippen LogP contribution in [0.25, 0.3) is 10.2 Å². The van der Waals surface area contributed by atoms with Crippen LogP contribution < -0.4 is 5.32 Å². The molecule has 2 aromatic heterocycles. The minimum atomic E-state index is 0.231. The number of fused-ring (bicyclic) bond motifs is 1. The molecule has 0 bridgehead atoms. The standard InChI is InChI=1S/C16H25N3OS/c1-9(2)7-10(3)20-8-13-18-15(17-6)14-11(4)12(5)21-16(14)19-13/h9-10H,7-8H2,1-6H3,(H,17,18,19). The number of aryl methyl sites for hydroxylation is 2. The molecule has 2 aromatic rings. The molecule has 0 aliphatic heterocycles. The number of anilines is 1. The topological polar surface area (TPSA) is 47.0 Å². The van der Waals surface area contributed by atoms with Gasteiger partial charge in [0, 0.05) is 11.9 Å². The molecule has 116 valence electrons. The Kier molecular flexibility index (Phi) is 5.17. The Labute approximate surface area is 131 Å². The minimum Gasteiger partial charge on any atom is -0.372 e. The van der Waals surface area contributed by atoms with Crippen LogP contribution in [0.1, 0.15) is 43.5 Å². The second-order valence-corrected chi connectivity index (χ2v) is 7.16. The van der Waals surface area contributed by atoms with E-state index in [4.69, 9.17) is 4.74 Å². The second kappa shape index (κ2) is 6.71. The predicted octanol–water partition coefficient (Wildman–Crippen LogP) is 4.30. The van der Waals surface area contributed by atoms with Gasteiger partial charge in [-0.25, -0.2) is 9.97 Å². The summed E-state index contributed by atoms with van der Waals surface area (Å²) in [4.78, 5) is 11.6. The summed E-state index contributed by atoms with van der Waals surface area (Å²) in [6.45, 7) is 11.2. The number of nitrogens with one attached hydrogen (secondary N) is 1. The monoisotopic (exact) mass is 307 g/mol. The van der Waals surface area contributed by atoms with Gasteiger partial charge in [-0.3, -0.25) is 0 Å². The van der Waals surface area contributed by atoms with Crippen molar-refractivity contribution in [3.63, 3.8) is 0 Å². The first-order valence-electron chi connectivity index (χ1n) is 7.48. The molecule has 0 aromatic carbocycles. The van der Waals surface area contributed by atoms with E-state index in [2.05, 4.69) is 49.9 Å². The van der Waals surface area contributed by atoms with Crippen molar-refractivity contribution in [2.75, 3.05) is 12.4 Å². The molecule has 1 N–H and O–H groups in total. The van der Waals surface area contributed by atoms with Crippen LogP contribution in [0.4, 0.5) is 5.82 Å². The summed E-state index contributed by atoms with van der Waals surface area (Å²) in [6.07, 6.45) is 1.28. The highest BCUT2D eigenvalue weighted by Crippen LogP contribution is 2.33. The molecule has 0 amide bonds. The number of nitrogens with zero attached hydrogens (tertiary/aromatic N) is 2. The number of aromatic nitrogens is 2. The maximum atomic E-state index is 5.88. The van der Waals surface area contributed by atoms with Crippen molar-refractivity contribution < 1.29 is 4.74 Å². The Balaban J connectivity index is 2.21. The van der Waals surface area contributed by atoms with Gasteiger partial charge in [-0.05, 0) is 38.7 Å². The Bertz CT molecular complexity index is 621. The summed E-state index contributed by atoms with van der Waals surface area (Å²) in [5, 5.41) is 4.32. The first kappa shape index (κ1) is 16.2. The minimum absolute atomic E-state index is 0.231. The summed E-state index contributed by atoms with van der Waals surface area (Å²) in [5.41, 5.74) is 1.26. The van der Waals surface area contributed by atoms with E-state index in [1.807, 2.05) is 7.05 Å². The van der Waals surface area contributed by atoms with E-state index < -0.39 is 0 Å². The Morgan fingerprint density at radius 3 is 2.52 bits per heavy atom. The largest absolute Gasteiger partial charge is 0.372 e. The van der Waals surface area contributed by atoms with Crippen LogP contribution in [0.15, 0.2) is 0 Å². The van der Waals surface area contributed by atoms with Crippen molar-refractivity contribution in [2.45, 2.75) is 53.8 Å². The summed E-state index contributed by atoms with van der Waals surface area (Å²) >= 11 is 1.72. The van der Waals surface area contributed by atoms with Gasteiger partial charge in [0.15, 0.2) is 5.82 Å². The van der Waals surface area contributed by atoms with Crippen LogP contribution >= 0.6 is 11.3 Å². The van der Waals surface area contributed by atoms with Gasteiger partial charge in [0.05, 0.1) is 11.5 Å². The van der Waals surface area contributed by atoms with Crippen LogP contribution in [-0.2, 0) is 11.3 Å². The van der Waals surface area contributed by atoms with Gasteiger partial charge >= 0.3 is 0 Å². The van der Waals surface area contributed by atoms with Crippen molar-refractivity contribution in [3.8, 4) is 0 Å². The van der Waals surface area contributed by atoms with E-state index in [0.29, 0.717) is 12.5 Å². The molecule has 0 spiro atoms. The molecule has 1 unspecified atom stereocenters. The lowest BCUT2D eigenvalue weighted by molar-refractivity contribution is 0.0361. The van der Waals surface area contributed by atoms with Crippen molar-refractivity contribution in [3.05, 3.63) is 16.3 Å². The first-order chi connectivity index (χ1) is 9.92. The maximum absolute atomic E-state index is 5.88. The zero-order chi connectivity index (χ0) is 15.6. The second-order valence-electron chi connectivity index (χ2n) is 5.95. The maximum Gasteiger partial charge on any atom is 0.158 e. The smallest absolute Gasteiger partial charge is 0.158 e. The molecule has 0 saturated heterocycles. The van der Waals surface area contributed by atoms with Gasteiger partial charge in [-0.2, -0.15) is 0 Å². The fourth-order valence-electron chi connectivity index (χ4n) is 2.49. The number of thiophene rings is 1. The average molecular weight is 307 g/mol. The lowest BCUT2D eigenvalue weighted by atomic mass is 10.1. The molecule has 2 rings (SSSR count). The van der Waals surface area contributed by atoms with E-state index in [1.165, 1.54) is 10.4 Å². The highest BCUT2D eigenvalue weighted by atomic mass is 32.1. The van der Waals surface area contributed by atoms with Gasteiger partial charge in [0.2, 0.25) is 0 Å². The van der Waals surface area contributed by atoms with Crippen molar-refractivity contribution in [1.29, 1.82) is 0 Å². The van der Waals surface area contributed by atoms with Crippen LogP contribution in [-0.4, -0.2) is 23.1 Å². The van der Waals surface area contributed by atoms with Crippen LogP contribution in [0, 0.1) is 19.8 Å². The molecular weight excluding hydrogens is 282 g/mol. The third kappa shape index (κ3) is 3.71. The molecule has 4 nitrogen and oxygen atoms in total. The number of hydrogen-bond acceptors (Lipinski definition) is 5. The number of hydrogen-bond donors (Lipinski definition) is 1. The van der Waals surface area contributed by atoms with Crippen LogP contribution in [0.3, 0.4) is 0 Å². The highest BCUT2D eigenvalue weighted by molar-refractivity contribution is 7.18. The van der Waals surface area contributed by atoms with Gasteiger partial charge in [-0.1, -0.05) is 13.8 Å². The quantitative estimate of drug-likeness (QED) is 0.864. The molecule has 0 aliphatic carbocycles. The fraction of sp³-hybridized carbons (Fsp3) is 0.625. The zero-order valence-corrected chi connectivity index (χ0v) is 14.6. The fourth-order valence-corrected chi connectivity index (χ4v) is 3.54. The Hall–Kier alpha value is -1.20. The summed E-state index contributed by atoms with van der Waals surface area (Å²) in [6, 6.07) is 0. The van der Waals surface area contributed by atoms with Crippen molar-refractivity contribution in [1.82, 2.24) is 9.97 Å². The third-order valence-electron chi connectivity index (χ3n) is 3.61. The van der Waals surface area contributed by atoms with E-state index in [1.54, 1.807) is 11.3 Å². The van der Waals surface area contributed by atoms with Crippen LogP contribution in [0.2, 0.25) is 0 Å². The van der Waals surface area contributed by atoms with Gasteiger partial charge in [0.1, 0.15) is 17.3 Å². The molecule has 2 heterocycles. The molecule has 0 fully saturated rings. The summed E-state index contributed by atoms with van der Waals surface area (Å²) in [7, 11) is 1.90. The molecule has 1 atom stereocenters. The van der Waals surface area contributed by atoms with E-state index in [-0.39, 0.29) is 6.10 Å². The molecule has 0 aliphatic rings. The molecule has 21 heavy (non-hydrogen) atoms. The van der Waals surface area contributed by atoms with Gasteiger partial charge in [-0.15, -0.1) is 11.3 Å². The highest BCUT2D eigenvalue weighted by Gasteiger charge is 2.14. The lowest BCUT2D eigenvalue weighted by Crippen LogP contribution is -2.12. The molecule has 5 heteroatoms. The van der Waals surface area contributed by atoms with Gasteiger partial charge in [0.25, 0.3) is 0 Å². The lowest BCUT2D eigenvalue weighted by Gasteiger charge is -2.15. The molecule has 0 radical (unpaired) electrons. The predicted molar refractivity (Wildman–Crippen MR) is 90.1 cm³/mol. The molecular formula is C16H25N3OS. The van der Waals surface area contributed by atoms with Gasteiger partial charge < -0.3 is 10.1 Å². The van der Waals surface area contributed by atoms with E-state index >= 15 is 0 Å². The van der Waals surface area contributed by atoms with Crippen molar-refractivity contribution in [2.24, 2.45) is 5.92 Å². The number of ether oxygens (including phenoxy) is 1. The summed E-state index contributed by atoms with van der Waals surface area (Å²) in [5.74, 6) is 2.29. The SMILES string of the molecule is CNc1nc(COC(C)CC(C)C)nc2sc(C)c(C)c12. The number of rotatable bonds is 6. The Morgan fingerprint density at radius 1 is 1.19 bits per heavy atom. The Morgan fingerprint density at radius 2 is 1.90 bits per heavy atom. The first-order valence-corrected chi connectivity index (χ1v) is 8.30. The molecule has 0 saturated carbocycles. The van der Waals surface area contributed by atoms with E-state index in [0.717, 1.165) is 28.3 Å². The summed E-state index contributed by atoms with van der Waals surface area (Å²) < 4.78 is 5.88. The normalized spacial score (nSPS) is 13.1. The zero-order valence-electron chi connectivity index (χ0n) is 13.8.